The van der Waals surface area contributed by atoms with Crippen LogP contribution in [-0.4, -0.2) is 27.2 Å². The van der Waals surface area contributed by atoms with Crippen LogP contribution in [0.1, 0.15) is 27.7 Å². The van der Waals surface area contributed by atoms with Crippen LogP contribution in [0.5, 0.6) is 17.2 Å². The van der Waals surface area contributed by atoms with E-state index in [0.717, 1.165) is 6.07 Å². The van der Waals surface area contributed by atoms with E-state index in [1.807, 2.05) is 0 Å². The molecule has 2 heterocycles. The Bertz CT molecular complexity index is 1520. The number of anilines is 1. The van der Waals surface area contributed by atoms with Crippen molar-refractivity contribution in [3.63, 3.8) is 0 Å². The van der Waals surface area contributed by atoms with E-state index in [2.05, 4.69) is 0 Å². The first-order chi connectivity index (χ1) is 16.9. The molecule has 4 aromatic rings. The molecule has 1 atom stereocenters. The van der Waals surface area contributed by atoms with Crippen molar-refractivity contribution in [3.8, 4) is 17.2 Å². The number of amides is 1. The lowest BCUT2D eigenvalue weighted by Crippen LogP contribution is -2.29. The second kappa shape index (κ2) is 8.63. The molecule has 178 valence electrons. The molecule has 0 saturated heterocycles. The molecule has 1 aliphatic rings. The Kier molecular flexibility index (Phi) is 5.61. The van der Waals surface area contributed by atoms with Gasteiger partial charge >= 0.3 is 0 Å². The molecule has 1 aliphatic heterocycles. The summed E-state index contributed by atoms with van der Waals surface area (Å²) in [5.74, 6) is -0.234. The molecular weight excluding hydrogens is 477 g/mol. The summed E-state index contributed by atoms with van der Waals surface area (Å²) < 4.78 is 36.3. The quantitative estimate of drug-likeness (QED) is 0.371. The van der Waals surface area contributed by atoms with Gasteiger partial charge in [-0.05, 0) is 54.1 Å². The van der Waals surface area contributed by atoms with Gasteiger partial charge in [-0.1, -0.05) is 17.7 Å². The number of nitrogens with zero attached hydrogens (tertiary/aromatic N) is 1. The zero-order valence-corrected chi connectivity index (χ0v) is 19.7. The second-order valence-electron chi connectivity index (χ2n) is 7.83. The predicted molar refractivity (Wildman–Crippen MR) is 129 cm³/mol. The number of carbonyl (C=O) groups is 1. The van der Waals surface area contributed by atoms with Crippen molar-refractivity contribution in [1.29, 1.82) is 0 Å². The third-order valence-corrected chi connectivity index (χ3v) is 6.16. The summed E-state index contributed by atoms with van der Waals surface area (Å²) in [6.45, 7) is 0. The monoisotopic (exact) mass is 495 g/mol. The number of hydrogen-bond donors (Lipinski definition) is 0. The molecule has 0 saturated carbocycles. The van der Waals surface area contributed by atoms with E-state index >= 15 is 0 Å². The minimum atomic E-state index is -0.936. The Morgan fingerprint density at radius 2 is 1.66 bits per heavy atom. The van der Waals surface area contributed by atoms with Crippen molar-refractivity contribution >= 4 is 34.2 Å². The lowest BCUT2D eigenvalue weighted by Gasteiger charge is -2.26. The topological polar surface area (TPSA) is 78.2 Å². The predicted octanol–water partition coefficient (Wildman–Crippen LogP) is 5.36. The van der Waals surface area contributed by atoms with E-state index in [1.165, 1.54) is 38.4 Å². The highest BCUT2D eigenvalue weighted by atomic mass is 35.5. The molecule has 35 heavy (non-hydrogen) atoms. The van der Waals surface area contributed by atoms with Crippen molar-refractivity contribution in [2.24, 2.45) is 0 Å². The van der Waals surface area contributed by atoms with E-state index in [-0.39, 0.29) is 22.3 Å². The van der Waals surface area contributed by atoms with Gasteiger partial charge in [0.25, 0.3) is 5.91 Å². The number of hydrogen-bond acceptors (Lipinski definition) is 6. The molecule has 7 nitrogen and oxygen atoms in total. The highest BCUT2D eigenvalue weighted by Gasteiger charge is 2.44. The van der Waals surface area contributed by atoms with Gasteiger partial charge in [0.05, 0.1) is 38.3 Å². The molecule has 0 aliphatic carbocycles. The third kappa shape index (κ3) is 3.57. The van der Waals surface area contributed by atoms with E-state index in [4.69, 9.17) is 30.2 Å². The van der Waals surface area contributed by atoms with Crippen LogP contribution >= 0.6 is 11.6 Å². The molecule has 0 radical (unpaired) electrons. The Morgan fingerprint density at radius 1 is 0.943 bits per heavy atom. The molecule has 1 aromatic heterocycles. The van der Waals surface area contributed by atoms with Crippen LogP contribution in [0.2, 0.25) is 5.02 Å². The average Bonchev–Trinajstić information content (AvgIpc) is 3.16. The van der Waals surface area contributed by atoms with Gasteiger partial charge in [0, 0.05) is 10.7 Å². The van der Waals surface area contributed by atoms with E-state index in [9.17, 15) is 14.0 Å². The molecule has 0 spiro atoms. The van der Waals surface area contributed by atoms with Crippen molar-refractivity contribution in [1.82, 2.24) is 0 Å². The van der Waals surface area contributed by atoms with Crippen molar-refractivity contribution in [3.05, 3.63) is 92.5 Å². The maximum Gasteiger partial charge on any atom is 0.295 e. The van der Waals surface area contributed by atoms with Gasteiger partial charge in [-0.25, -0.2) is 4.39 Å². The van der Waals surface area contributed by atoms with Gasteiger partial charge in [-0.3, -0.25) is 14.5 Å². The lowest BCUT2D eigenvalue weighted by atomic mass is 9.97. The Balaban J connectivity index is 1.85. The zero-order chi connectivity index (χ0) is 24.9. The summed E-state index contributed by atoms with van der Waals surface area (Å²) in [4.78, 5) is 28.7. The zero-order valence-electron chi connectivity index (χ0n) is 18.9. The Hall–Kier alpha value is -4.04. The smallest absolute Gasteiger partial charge is 0.295 e. The van der Waals surface area contributed by atoms with Crippen LogP contribution in [0.25, 0.3) is 11.0 Å². The highest BCUT2D eigenvalue weighted by molar-refractivity contribution is 6.31. The van der Waals surface area contributed by atoms with Crippen LogP contribution in [0, 0.1) is 5.82 Å². The maximum atomic E-state index is 14.0. The molecule has 9 heteroatoms. The summed E-state index contributed by atoms with van der Waals surface area (Å²) in [6.07, 6.45) is 0. The molecule has 1 amide bonds. The van der Waals surface area contributed by atoms with Crippen molar-refractivity contribution in [2.45, 2.75) is 6.04 Å². The van der Waals surface area contributed by atoms with Crippen LogP contribution in [-0.2, 0) is 0 Å². The summed E-state index contributed by atoms with van der Waals surface area (Å²) in [7, 11) is 4.41. The van der Waals surface area contributed by atoms with Gasteiger partial charge < -0.3 is 18.6 Å². The van der Waals surface area contributed by atoms with Gasteiger partial charge in [0.15, 0.2) is 16.9 Å². The standard InChI is InChI=1S/C26H19ClFNO6/c1-32-19-9-13(10-20(33-2)24(19)34-3)22-21-23(30)17-12-15(28)7-8-18(17)35-25(21)26(31)29(22)16-6-4-5-14(27)11-16/h4-12,22H,1-3H3. The molecule has 0 fully saturated rings. The summed E-state index contributed by atoms with van der Waals surface area (Å²) in [5.41, 5.74) is 0.608. The third-order valence-electron chi connectivity index (χ3n) is 5.92. The summed E-state index contributed by atoms with van der Waals surface area (Å²) >= 11 is 6.22. The molecule has 1 unspecified atom stereocenters. The number of benzene rings is 3. The van der Waals surface area contributed by atoms with E-state index in [0.29, 0.717) is 33.5 Å². The fourth-order valence-electron chi connectivity index (χ4n) is 4.41. The lowest BCUT2D eigenvalue weighted by molar-refractivity contribution is 0.0971. The molecule has 3 aromatic carbocycles. The minimum Gasteiger partial charge on any atom is -0.493 e. The van der Waals surface area contributed by atoms with Crippen LogP contribution in [0.4, 0.5) is 10.1 Å². The fraction of sp³-hybridized carbons (Fsp3) is 0.154. The van der Waals surface area contributed by atoms with Crippen molar-refractivity contribution < 1.29 is 27.8 Å². The Labute approximate surface area is 204 Å². The Morgan fingerprint density at radius 3 is 2.29 bits per heavy atom. The SMILES string of the molecule is COc1cc(C2c3c(oc4ccc(F)cc4c3=O)C(=O)N2c2cccc(Cl)c2)cc(OC)c1OC. The maximum absolute atomic E-state index is 14.0. The molecular formula is C26H19ClFNO6. The van der Waals surface area contributed by atoms with E-state index in [1.54, 1.807) is 36.4 Å². The van der Waals surface area contributed by atoms with Gasteiger partial charge in [-0.2, -0.15) is 0 Å². The summed E-state index contributed by atoms with van der Waals surface area (Å²) in [6, 6.07) is 12.6. The molecule has 5 rings (SSSR count). The highest BCUT2D eigenvalue weighted by Crippen LogP contribution is 2.46. The van der Waals surface area contributed by atoms with E-state index < -0.39 is 23.2 Å². The molecule has 0 bridgehead atoms. The van der Waals surface area contributed by atoms with Crippen LogP contribution in [0.15, 0.2) is 63.8 Å². The first-order valence-electron chi connectivity index (χ1n) is 10.5. The number of fused-ring (bicyclic) bond motifs is 2. The number of rotatable bonds is 5. The fourth-order valence-corrected chi connectivity index (χ4v) is 4.60. The number of halogens is 2. The van der Waals surface area contributed by atoms with Gasteiger partial charge in [0.2, 0.25) is 11.5 Å². The van der Waals surface area contributed by atoms with Crippen LogP contribution < -0.4 is 24.5 Å². The summed E-state index contributed by atoms with van der Waals surface area (Å²) in [5, 5.41) is 0.434. The number of ether oxygens (including phenoxy) is 3. The average molecular weight is 496 g/mol. The van der Waals surface area contributed by atoms with Crippen LogP contribution in [0.3, 0.4) is 0 Å². The number of methoxy groups -OCH3 is 3. The first kappa shape index (κ1) is 22.7. The van der Waals surface area contributed by atoms with Gasteiger partial charge in [0.1, 0.15) is 11.4 Å². The largest absolute Gasteiger partial charge is 0.493 e. The van der Waals surface area contributed by atoms with Crippen molar-refractivity contribution in [2.75, 3.05) is 26.2 Å². The molecule has 0 N–H and O–H groups in total. The second-order valence-corrected chi connectivity index (χ2v) is 8.27. The normalized spacial score (nSPS) is 14.8. The number of carbonyl (C=O) groups excluding carboxylic acids is 1. The first-order valence-corrected chi connectivity index (χ1v) is 10.9. The van der Waals surface area contributed by atoms with Gasteiger partial charge in [-0.15, -0.1) is 0 Å². The minimum absolute atomic E-state index is 0.0296.